The summed E-state index contributed by atoms with van der Waals surface area (Å²) in [5.41, 5.74) is 0.220. The second kappa shape index (κ2) is 13.9. The van der Waals surface area contributed by atoms with E-state index < -0.39 is 59.3 Å². The second-order valence-corrected chi connectivity index (χ2v) is 13.6. The molecule has 0 spiro atoms. The SMILES string of the molecule is C=C[C@@H]1CC1(NC(=O)[C@@H]1C[C@@H](Oc2nc3ccccc3nc2-c2cccs2)CN1C(=O)C(C(C)C)N(O)C(=O)c1ccccc1OC)C(=O)O. The summed E-state index contributed by atoms with van der Waals surface area (Å²) in [5, 5.41) is 26.2. The Morgan fingerprint density at radius 1 is 1.08 bits per heavy atom. The Labute approximate surface area is 292 Å². The van der Waals surface area contributed by atoms with Crippen LogP contribution in [0.3, 0.4) is 0 Å². The molecule has 2 fully saturated rings. The van der Waals surface area contributed by atoms with Gasteiger partial charge in [0.25, 0.3) is 5.91 Å². The number of likely N-dealkylation sites (tertiary alicyclic amines) is 1. The molecule has 0 bridgehead atoms. The predicted octanol–water partition coefficient (Wildman–Crippen LogP) is 4.42. The first-order valence-corrected chi connectivity index (χ1v) is 17.0. The van der Waals surface area contributed by atoms with Crippen LogP contribution in [0.15, 0.2) is 78.7 Å². The molecule has 260 valence electrons. The molecule has 50 heavy (non-hydrogen) atoms. The van der Waals surface area contributed by atoms with Crippen LogP contribution >= 0.6 is 11.3 Å². The molecule has 2 aromatic heterocycles. The number of benzene rings is 2. The van der Waals surface area contributed by atoms with Gasteiger partial charge in [0.1, 0.15) is 35.2 Å². The maximum absolute atomic E-state index is 14.4. The van der Waals surface area contributed by atoms with Gasteiger partial charge in [0.2, 0.25) is 17.7 Å². The first-order valence-electron chi connectivity index (χ1n) is 16.1. The molecule has 3 heterocycles. The van der Waals surface area contributed by atoms with Gasteiger partial charge < -0.3 is 24.8 Å². The number of ether oxygens (including phenoxy) is 2. The largest absolute Gasteiger partial charge is 0.496 e. The molecule has 2 unspecified atom stereocenters. The number of fused-ring (bicyclic) bond motifs is 1. The first-order chi connectivity index (χ1) is 24.0. The molecule has 5 atom stereocenters. The van der Waals surface area contributed by atoms with Gasteiger partial charge in [0.05, 0.1) is 35.1 Å². The zero-order chi connectivity index (χ0) is 35.7. The first kappa shape index (κ1) is 34.5. The number of carbonyl (C=O) groups is 4. The number of aliphatic carboxylic acids is 1. The van der Waals surface area contributed by atoms with Crippen LogP contribution in [0.1, 0.15) is 37.0 Å². The van der Waals surface area contributed by atoms with Gasteiger partial charge >= 0.3 is 5.97 Å². The molecule has 6 rings (SSSR count). The fourth-order valence-corrected chi connectivity index (χ4v) is 7.11. The Kier molecular flexibility index (Phi) is 9.58. The van der Waals surface area contributed by atoms with Crippen molar-refractivity contribution in [1.82, 2.24) is 25.2 Å². The maximum atomic E-state index is 14.4. The number of aromatic nitrogens is 2. The van der Waals surface area contributed by atoms with E-state index in [1.165, 1.54) is 35.5 Å². The minimum Gasteiger partial charge on any atom is -0.496 e. The summed E-state index contributed by atoms with van der Waals surface area (Å²) in [4.78, 5) is 65.8. The number of methoxy groups -OCH3 is 1. The third-order valence-corrected chi connectivity index (χ3v) is 10.0. The quantitative estimate of drug-likeness (QED) is 0.109. The van der Waals surface area contributed by atoms with Crippen molar-refractivity contribution in [1.29, 1.82) is 0 Å². The summed E-state index contributed by atoms with van der Waals surface area (Å²) in [6, 6.07) is 14.8. The third kappa shape index (κ3) is 6.39. The number of carbonyl (C=O) groups excluding carboxylic acids is 3. The molecule has 2 aliphatic rings. The van der Waals surface area contributed by atoms with E-state index in [9.17, 15) is 29.5 Å². The van der Waals surface area contributed by atoms with Gasteiger partial charge in [-0.2, -0.15) is 0 Å². The number of hydroxylamine groups is 2. The minimum absolute atomic E-state index is 0.0267. The molecule has 14 heteroatoms. The lowest BCUT2D eigenvalue weighted by Gasteiger charge is -2.34. The number of para-hydroxylation sites is 3. The Morgan fingerprint density at radius 3 is 2.40 bits per heavy atom. The molecule has 13 nitrogen and oxygen atoms in total. The molecule has 1 aliphatic carbocycles. The summed E-state index contributed by atoms with van der Waals surface area (Å²) in [7, 11) is 1.39. The normalized spacial score (nSPS) is 21.8. The Hall–Kier alpha value is -5.34. The molecule has 3 amide bonds. The number of rotatable bonds is 12. The average Bonchev–Trinajstić information content (AvgIpc) is 3.39. The van der Waals surface area contributed by atoms with Gasteiger partial charge in [-0.15, -0.1) is 17.9 Å². The standard InChI is InChI=1S/C36H37N5O8S/c1-5-21-18-36(21,35(45)46)39-31(42)26-17-22(49-32-29(28-15-10-16-50-28)37-24-12-7-8-13-25(24)38-32)19-40(26)34(44)30(20(2)3)41(47)33(43)23-11-6-9-14-27(23)48-4/h5-16,20-22,26,30,47H,1,17-19H2,2-4H3,(H,39,42)(H,45,46)/t21-,22-,26+,30?,36?/m1/s1. The highest BCUT2D eigenvalue weighted by Gasteiger charge is 2.61. The lowest BCUT2D eigenvalue weighted by Crippen LogP contribution is -2.57. The zero-order valence-corrected chi connectivity index (χ0v) is 28.5. The van der Waals surface area contributed by atoms with E-state index in [2.05, 4.69) is 11.9 Å². The minimum atomic E-state index is -1.55. The Morgan fingerprint density at radius 2 is 1.78 bits per heavy atom. The van der Waals surface area contributed by atoms with E-state index in [1.807, 2.05) is 35.7 Å². The van der Waals surface area contributed by atoms with Crippen molar-refractivity contribution in [2.75, 3.05) is 13.7 Å². The van der Waals surface area contributed by atoms with Gasteiger partial charge in [-0.1, -0.05) is 50.3 Å². The van der Waals surface area contributed by atoms with Gasteiger partial charge in [-0.25, -0.2) is 19.8 Å². The van der Waals surface area contributed by atoms with Crippen LogP contribution in [-0.4, -0.2) is 91.3 Å². The van der Waals surface area contributed by atoms with Crippen molar-refractivity contribution in [3.05, 3.63) is 84.3 Å². The van der Waals surface area contributed by atoms with Crippen molar-refractivity contribution in [3.8, 4) is 22.2 Å². The van der Waals surface area contributed by atoms with Crippen molar-refractivity contribution in [3.63, 3.8) is 0 Å². The highest BCUT2D eigenvalue weighted by atomic mass is 32.1. The van der Waals surface area contributed by atoms with Gasteiger partial charge in [-0.3, -0.25) is 19.6 Å². The number of hydrogen-bond acceptors (Lipinski definition) is 10. The van der Waals surface area contributed by atoms with E-state index in [0.717, 1.165) is 4.88 Å². The highest BCUT2D eigenvalue weighted by molar-refractivity contribution is 7.13. The number of carboxylic acids is 1. The summed E-state index contributed by atoms with van der Waals surface area (Å²) < 4.78 is 11.7. The van der Waals surface area contributed by atoms with Gasteiger partial charge in [-0.05, 0) is 48.1 Å². The molecule has 1 saturated heterocycles. The lowest BCUT2D eigenvalue weighted by atomic mass is 10.0. The maximum Gasteiger partial charge on any atom is 0.330 e. The number of nitrogens with one attached hydrogen (secondary N) is 1. The molecule has 4 aromatic rings. The number of carboxylic acid groups (broad SMARTS) is 1. The van der Waals surface area contributed by atoms with Crippen molar-refractivity contribution in [2.45, 2.75) is 50.4 Å². The molecular weight excluding hydrogens is 662 g/mol. The molecule has 3 N–H and O–H groups in total. The van der Waals surface area contributed by atoms with E-state index in [1.54, 1.807) is 38.1 Å². The van der Waals surface area contributed by atoms with Crippen LogP contribution in [0.25, 0.3) is 21.6 Å². The summed E-state index contributed by atoms with van der Waals surface area (Å²) in [6.07, 6.45) is 0.816. The van der Waals surface area contributed by atoms with Crippen LogP contribution in [0.5, 0.6) is 11.6 Å². The van der Waals surface area contributed by atoms with E-state index >= 15 is 0 Å². The average molecular weight is 700 g/mol. The zero-order valence-electron chi connectivity index (χ0n) is 27.7. The van der Waals surface area contributed by atoms with Crippen LogP contribution in [-0.2, 0) is 14.4 Å². The number of thiophene rings is 1. The molecule has 1 aliphatic heterocycles. The van der Waals surface area contributed by atoms with Crippen LogP contribution in [0.2, 0.25) is 0 Å². The van der Waals surface area contributed by atoms with Crippen molar-refractivity contribution in [2.24, 2.45) is 11.8 Å². The van der Waals surface area contributed by atoms with Crippen LogP contribution < -0.4 is 14.8 Å². The summed E-state index contributed by atoms with van der Waals surface area (Å²) in [6.45, 7) is 6.89. The fourth-order valence-electron chi connectivity index (χ4n) is 6.40. The second-order valence-electron chi connectivity index (χ2n) is 12.7. The number of nitrogens with zero attached hydrogens (tertiary/aromatic N) is 4. The van der Waals surface area contributed by atoms with Crippen LogP contribution in [0.4, 0.5) is 0 Å². The summed E-state index contributed by atoms with van der Waals surface area (Å²) >= 11 is 1.45. The number of amides is 3. The predicted molar refractivity (Wildman–Crippen MR) is 184 cm³/mol. The molecule has 1 saturated carbocycles. The van der Waals surface area contributed by atoms with Crippen LogP contribution in [0, 0.1) is 11.8 Å². The summed E-state index contributed by atoms with van der Waals surface area (Å²) in [5.74, 6) is -4.19. The Balaban J connectivity index is 1.34. The van der Waals surface area contributed by atoms with Gasteiger partial charge in [0.15, 0.2) is 0 Å². The monoisotopic (exact) mass is 699 g/mol. The van der Waals surface area contributed by atoms with Crippen molar-refractivity contribution < 1.29 is 39.0 Å². The van der Waals surface area contributed by atoms with Crippen molar-refractivity contribution >= 4 is 46.1 Å². The van der Waals surface area contributed by atoms with E-state index in [-0.39, 0.29) is 36.6 Å². The molecule has 2 aromatic carbocycles. The van der Waals surface area contributed by atoms with E-state index in [0.29, 0.717) is 21.8 Å². The number of hydrogen-bond donors (Lipinski definition) is 3. The lowest BCUT2D eigenvalue weighted by molar-refractivity contribution is -0.159. The smallest absolute Gasteiger partial charge is 0.330 e. The van der Waals surface area contributed by atoms with E-state index in [4.69, 9.17) is 19.4 Å². The Bertz CT molecular complexity index is 1950. The molecular formula is C36H37N5O8S. The third-order valence-electron chi connectivity index (χ3n) is 9.14. The topological polar surface area (TPSA) is 171 Å². The van der Waals surface area contributed by atoms with Gasteiger partial charge in [0, 0.05) is 12.3 Å². The fraction of sp³-hybridized carbons (Fsp3) is 0.333. The molecule has 0 radical (unpaired) electrons. The highest BCUT2D eigenvalue weighted by Crippen LogP contribution is 2.45.